The van der Waals surface area contributed by atoms with Crippen LogP contribution < -0.4 is 15.0 Å². The maximum atomic E-state index is 5.27. The van der Waals surface area contributed by atoms with Crippen LogP contribution in [0.25, 0.3) is 0 Å². The SMILES string of the molecule is CCNCc1ccc(N(C)c2cccc(OC)c2)cc1. The number of anilines is 2. The normalized spacial score (nSPS) is 10.3. The van der Waals surface area contributed by atoms with Gasteiger partial charge < -0.3 is 15.0 Å². The first kappa shape index (κ1) is 14.4. The van der Waals surface area contributed by atoms with Crippen molar-refractivity contribution in [2.24, 2.45) is 0 Å². The first-order valence-corrected chi connectivity index (χ1v) is 6.92. The molecule has 0 amide bonds. The third-order valence-corrected chi connectivity index (χ3v) is 3.34. The smallest absolute Gasteiger partial charge is 0.120 e. The van der Waals surface area contributed by atoms with E-state index in [0.717, 1.165) is 24.5 Å². The molecule has 0 atom stereocenters. The fourth-order valence-electron chi connectivity index (χ4n) is 2.07. The van der Waals surface area contributed by atoms with Gasteiger partial charge in [0.25, 0.3) is 0 Å². The summed E-state index contributed by atoms with van der Waals surface area (Å²) in [5, 5.41) is 3.33. The van der Waals surface area contributed by atoms with Crippen LogP contribution in [0.4, 0.5) is 11.4 Å². The van der Waals surface area contributed by atoms with Gasteiger partial charge in [0.1, 0.15) is 5.75 Å². The summed E-state index contributed by atoms with van der Waals surface area (Å²) in [6.45, 7) is 4.02. The second-order valence-electron chi connectivity index (χ2n) is 4.71. The molecule has 3 nitrogen and oxygen atoms in total. The lowest BCUT2D eigenvalue weighted by molar-refractivity contribution is 0.415. The maximum absolute atomic E-state index is 5.27. The summed E-state index contributed by atoms with van der Waals surface area (Å²) in [7, 11) is 3.75. The highest BCUT2D eigenvalue weighted by atomic mass is 16.5. The standard InChI is InChI=1S/C17H22N2O/c1-4-18-13-14-8-10-15(11-9-14)19(2)16-6-5-7-17(12-16)20-3/h5-12,18H,4,13H2,1-3H3. The fourth-order valence-corrected chi connectivity index (χ4v) is 2.07. The minimum Gasteiger partial charge on any atom is -0.497 e. The van der Waals surface area contributed by atoms with Crippen LogP contribution in [-0.4, -0.2) is 20.7 Å². The van der Waals surface area contributed by atoms with Gasteiger partial charge in [-0.15, -0.1) is 0 Å². The van der Waals surface area contributed by atoms with Crippen LogP contribution in [0, 0.1) is 0 Å². The van der Waals surface area contributed by atoms with E-state index >= 15 is 0 Å². The molecule has 0 saturated carbocycles. The van der Waals surface area contributed by atoms with E-state index in [-0.39, 0.29) is 0 Å². The Labute approximate surface area is 121 Å². The molecule has 0 aliphatic carbocycles. The van der Waals surface area contributed by atoms with Crippen molar-refractivity contribution < 1.29 is 4.74 Å². The molecule has 0 aliphatic rings. The Morgan fingerprint density at radius 1 is 1.05 bits per heavy atom. The zero-order chi connectivity index (χ0) is 14.4. The predicted molar refractivity (Wildman–Crippen MR) is 84.9 cm³/mol. The lowest BCUT2D eigenvalue weighted by atomic mass is 10.2. The molecule has 2 aromatic rings. The van der Waals surface area contributed by atoms with Crippen molar-refractivity contribution in [1.82, 2.24) is 5.32 Å². The number of benzene rings is 2. The molecule has 0 radical (unpaired) electrons. The van der Waals surface area contributed by atoms with Crippen LogP contribution in [-0.2, 0) is 6.54 Å². The van der Waals surface area contributed by atoms with Gasteiger partial charge in [-0.3, -0.25) is 0 Å². The molecule has 3 heteroatoms. The molecule has 2 aromatic carbocycles. The predicted octanol–water partition coefficient (Wildman–Crippen LogP) is 3.57. The van der Waals surface area contributed by atoms with Gasteiger partial charge in [0, 0.05) is 31.0 Å². The van der Waals surface area contributed by atoms with Gasteiger partial charge in [0.15, 0.2) is 0 Å². The van der Waals surface area contributed by atoms with E-state index in [1.807, 2.05) is 18.2 Å². The first-order valence-electron chi connectivity index (χ1n) is 6.92. The van der Waals surface area contributed by atoms with Gasteiger partial charge >= 0.3 is 0 Å². The minimum absolute atomic E-state index is 0.873. The lowest BCUT2D eigenvalue weighted by Gasteiger charge is -2.20. The highest BCUT2D eigenvalue weighted by Crippen LogP contribution is 2.26. The highest BCUT2D eigenvalue weighted by molar-refractivity contribution is 5.64. The first-order chi connectivity index (χ1) is 9.74. The molecule has 0 aliphatic heterocycles. The Bertz CT molecular complexity index is 537. The number of rotatable bonds is 6. The lowest BCUT2D eigenvalue weighted by Crippen LogP contribution is -2.12. The average molecular weight is 270 g/mol. The van der Waals surface area contributed by atoms with Crippen molar-refractivity contribution in [3.05, 3.63) is 54.1 Å². The quantitative estimate of drug-likeness (QED) is 0.868. The zero-order valence-corrected chi connectivity index (χ0v) is 12.4. The van der Waals surface area contributed by atoms with Crippen LogP contribution in [0.5, 0.6) is 5.75 Å². The molecule has 0 saturated heterocycles. The van der Waals surface area contributed by atoms with Crippen LogP contribution in [0.3, 0.4) is 0 Å². The van der Waals surface area contributed by atoms with E-state index in [0.29, 0.717) is 0 Å². The molecular weight excluding hydrogens is 248 g/mol. The molecule has 0 heterocycles. The van der Waals surface area contributed by atoms with Gasteiger partial charge in [0.2, 0.25) is 0 Å². The van der Waals surface area contributed by atoms with E-state index in [1.54, 1.807) is 7.11 Å². The molecule has 106 valence electrons. The number of methoxy groups -OCH3 is 1. The van der Waals surface area contributed by atoms with E-state index in [1.165, 1.54) is 11.3 Å². The summed E-state index contributed by atoms with van der Waals surface area (Å²) >= 11 is 0. The number of ether oxygens (including phenoxy) is 1. The van der Waals surface area contributed by atoms with Crippen molar-refractivity contribution in [2.45, 2.75) is 13.5 Å². The number of hydrogen-bond acceptors (Lipinski definition) is 3. The van der Waals surface area contributed by atoms with E-state index in [9.17, 15) is 0 Å². The van der Waals surface area contributed by atoms with Crippen LogP contribution >= 0.6 is 0 Å². The Balaban J connectivity index is 2.13. The molecule has 2 rings (SSSR count). The third kappa shape index (κ3) is 3.52. The van der Waals surface area contributed by atoms with E-state index in [2.05, 4.69) is 54.5 Å². The molecule has 0 spiro atoms. The molecule has 0 bridgehead atoms. The second-order valence-corrected chi connectivity index (χ2v) is 4.71. The fraction of sp³-hybridized carbons (Fsp3) is 0.294. The molecule has 20 heavy (non-hydrogen) atoms. The zero-order valence-electron chi connectivity index (χ0n) is 12.4. The Hall–Kier alpha value is -2.00. The van der Waals surface area contributed by atoms with Crippen molar-refractivity contribution >= 4 is 11.4 Å². The summed E-state index contributed by atoms with van der Waals surface area (Å²) in [5.41, 5.74) is 3.58. The Morgan fingerprint density at radius 2 is 1.80 bits per heavy atom. The van der Waals surface area contributed by atoms with Crippen molar-refractivity contribution in [3.63, 3.8) is 0 Å². The minimum atomic E-state index is 0.873. The summed E-state index contributed by atoms with van der Waals surface area (Å²) in [5.74, 6) is 0.873. The van der Waals surface area contributed by atoms with Gasteiger partial charge in [-0.25, -0.2) is 0 Å². The van der Waals surface area contributed by atoms with E-state index < -0.39 is 0 Å². The molecule has 0 fully saturated rings. The van der Waals surface area contributed by atoms with Gasteiger partial charge in [-0.05, 0) is 36.4 Å². The molecule has 1 N–H and O–H groups in total. The molecular formula is C17H22N2O. The summed E-state index contributed by atoms with van der Waals surface area (Å²) in [4.78, 5) is 2.15. The van der Waals surface area contributed by atoms with Gasteiger partial charge in [-0.1, -0.05) is 25.1 Å². The van der Waals surface area contributed by atoms with E-state index in [4.69, 9.17) is 4.74 Å². The summed E-state index contributed by atoms with van der Waals surface area (Å²) < 4.78 is 5.27. The number of nitrogens with one attached hydrogen (secondary N) is 1. The topological polar surface area (TPSA) is 24.5 Å². The van der Waals surface area contributed by atoms with Crippen LogP contribution in [0.15, 0.2) is 48.5 Å². The molecule has 0 unspecified atom stereocenters. The van der Waals surface area contributed by atoms with Crippen molar-refractivity contribution in [3.8, 4) is 5.75 Å². The number of nitrogens with zero attached hydrogens (tertiary/aromatic N) is 1. The maximum Gasteiger partial charge on any atom is 0.120 e. The van der Waals surface area contributed by atoms with Crippen molar-refractivity contribution in [1.29, 1.82) is 0 Å². The largest absolute Gasteiger partial charge is 0.497 e. The second kappa shape index (κ2) is 6.96. The molecule has 0 aromatic heterocycles. The van der Waals surface area contributed by atoms with Gasteiger partial charge in [-0.2, -0.15) is 0 Å². The highest BCUT2D eigenvalue weighted by Gasteiger charge is 2.05. The monoisotopic (exact) mass is 270 g/mol. The number of hydrogen-bond donors (Lipinski definition) is 1. The van der Waals surface area contributed by atoms with Crippen LogP contribution in [0.1, 0.15) is 12.5 Å². The summed E-state index contributed by atoms with van der Waals surface area (Å²) in [6.07, 6.45) is 0. The Kier molecular flexibility index (Phi) is 5.02. The van der Waals surface area contributed by atoms with Crippen molar-refractivity contribution in [2.75, 3.05) is 25.6 Å². The van der Waals surface area contributed by atoms with Gasteiger partial charge in [0.05, 0.1) is 7.11 Å². The van der Waals surface area contributed by atoms with Crippen LogP contribution in [0.2, 0.25) is 0 Å². The summed E-state index contributed by atoms with van der Waals surface area (Å²) in [6, 6.07) is 16.7. The Morgan fingerprint density at radius 3 is 2.45 bits per heavy atom. The third-order valence-electron chi connectivity index (χ3n) is 3.34. The average Bonchev–Trinajstić information content (AvgIpc) is 2.52.